The molecular weight excluding hydrogens is 527 g/mol. The van der Waals surface area contributed by atoms with Gasteiger partial charge in [-0.15, -0.1) is 11.3 Å². The summed E-state index contributed by atoms with van der Waals surface area (Å²) in [4.78, 5) is 20.8. The van der Waals surface area contributed by atoms with Crippen molar-refractivity contribution in [2.45, 2.75) is 45.9 Å². The second-order valence-electron chi connectivity index (χ2n) is 10.8. The van der Waals surface area contributed by atoms with E-state index >= 15 is 0 Å². The van der Waals surface area contributed by atoms with Crippen molar-refractivity contribution in [1.82, 2.24) is 19.7 Å². The normalized spacial score (nSPS) is 13.3. The van der Waals surface area contributed by atoms with Crippen molar-refractivity contribution in [2.75, 3.05) is 11.9 Å². The zero-order valence-electron chi connectivity index (χ0n) is 22.4. The Bertz CT molecular complexity index is 1810. The lowest BCUT2D eigenvalue weighted by Crippen LogP contribution is -2.39. The number of rotatable bonds is 4. The summed E-state index contributed by atoms with van der Waals surface area (Å²) < 4.78 is 21.1. The fraction of sp³-hybridized carbons (Fsp3) is 0.267. The number of aromatic nitrogens is 3. The fourth-order valence-corrected chi connectivity index (χ4v) is 6.21. The topological polar surface area (TPSA) is 96.1 Å². The standard InChI is InChI=1S/C30H27FN6O2S/c1-30(2,3)39-29(38)36-10-9-23-25(17-36)40-28-26(23)27(20(13-32)14-33-28)35-22-7-8-24-19(12-22)15-34-37(24)16-18-5-4-6-21(31)11-18/h4-8,11-12,14-15H,9-10,16-17H2,1-3H3,(H,33,35). The number of pyridine rings is 1. The van der Waals surface area contributed by atoms with E-state index in [1.165, 1.54) is 12.1 Å². The summed E-state index contributed by atoms with van der Waals surface area (Å²) in [6.45, 7) is 7.01. The van der Waals surface area contributed by atoms with E-state index in [-0.39, 0.29) is 11.9 Å². The Morgan fingerprint density at radius 1 is 1.23 bits per heavy atom. The van der Waals surface area contributed by atoms with Gasteiger partial charge in [-0.2, -0.15) is 10.4 Å². The van der Waals surface area contributed by atoms with Crippen molar-refractivity contribution in [3.8, 4) is 6.07 Å². The molecule has 1 amide bonds. The van der Waals surface area contributed by atoms with Gasteiger partial charge in [-0.1, -0.05) is 12.1 Å². The van der Waals surface area contributed by atoms with Crippen LogP contribution in [0.3, 0.4) is 0 Å². The molecule has 0 bridgehead atoms. The van der Waals surface area contributed by atoms with Crippen molar-refractivity contribution in [3.63, 3.8) is 0 Å². The quantitative estimate of drug-likeness (QED) is 0.264. The van der Waals surface area contributed by atoms with Gasteiger partial charge in [-0.05, 0) is 68.7 Å². The Morgan fingerprint density at radius 3 is 2.85 bits per heavy atom. The lowest BCUT2D eigenvalue weighted by atomic mass is 10.0. The van der Waals surface area contributed by atoms with E-state index < -0.39 is 5.60 Å². The summed E-state index contributed by atoms with van der Waals surface area (Å²) in [6.07, 6.45) is 3.69. The number of nitrogens with zero attached hydrogens (tertiary/aromatic N) is 5. The van der Waals surface area contributed by atoms with Crippen LogP contribution in [0, 0.1) is 17.1 Å². The van der Waals surface area contributed by atoms with Gasteiger partial charge in [0.05, 0.1) is 36.1 Å². The van der Waals surface area contributed by atoms with Crippen molar-refractivity contribution in [2.24, 2.45) is 0 Å². The van der Waals surface area contributed by atoms with E-state index in [1.807, 2.05) is 49.7 Å². The second-order valence-corrected chi connectivity index (χ2v) is 11.9. The number of hydrogen-bond acceptors (Lipinski definition) is 7. The molecule has 0 unspecified atom stereocenters. The summed E-state index contributed by atoms with van der Waals surface area (Å²) in [5.41, 5.74) is 4.27. The summed E-state index contributed by atoms with van der Waals surface area (Å²) >= 11 is 1.54. The smallest absolute Gasteiger partial charge is 0.410 e. The van der Waals surface area contributed by atoms with Gasteiger partial charge in [0.25, 0.3) is 0 Å². The maximum Gasteiger partial charge on any atom is 0.410 e. The third-order valence-corrected chi connectivity index (χ3v) is 7.90. The molecule has 10 heteroatoms. The van der Waals surface area contributed by atoms with Gasteiger partial charge < -0.3 is 15.0 Å². The molecule has 0 radical (unpaired) electrons. The molecule has 3 aromatic heterocycles. The molecule has 4 heterocycles. The number of benzene rings is 2. The van der Waals surface area contributed by atoms with Crippen LogP contribution in [0.1, 0.15) is 42.3 Å². The number of carbonyl (C=O) groups is 1. The first-order chi connectivity index (χ1) is 19.2. The molecule has 8 nitrogen and oxygen atoms in total. The predicted octanol–water partition coefficient (Wildman–Crippen LogP) is 6.74. The van der Waals surface area contributed by atoms with Crippen molar-refractivity contribution in [3.05, 3.63) is 82.2 Å². The van der Waals surface area contributed by atoms with Crippen LogP contribution >= 0.6 is 11.3 Å². The van der Waals surface area contributed by atoms with Crippen molar-refractivity contribution >= 4 is 49.9 Å². The lowest BCUT2D eigenvalue weighted by molar-refractivity contribution is 0.0227. The first kappa shape index (κ1) is 25.8. The summed E-state index contributed by atoms with van der Waals surface area (Å²) in [6, 6.07) is 14.7. The van der Waals surface area contributed by atoms with Crippen LogP contribution in [0.25, 0.3) is 21.1 Å². The third-order valence-electron chi connectivity index (χ3n) is 6.77. The molecule has 2 aromatic carbocycles. The van der Waals surface area contributed by atoms with Crippen LogP contribution in [0.5, 0.6) is 0 Å². The van der Waals surface area contributed by atoms with Crippen molar-refractivity contribution in [1.29, 1.82) is 5.26 Å². The highest BCUT2D eigenvalue weighted by molar-refractivity contribution is 7.19. The Morgan fingerprint density at radius 2 is 2.08 bits per heavy atom. The van der Waals surface area contributed by atoms with Crippen LogP contribution in [0.15, 0.2) is 54.9 Å². The van der Waals surface area contributed by atoms with E-state index in [0.29, 0.717) is 37.3 Å². The van der Waals surface area contributed by atoms with Crippen LogP contribution in [-0.2, 0) is 24.2 Å². The number of carbonyl (C=O) groups excluding carboxylic acids is 1. The van der Waals surface area contributed by atoms with Gasteiger partial charge in [0, 0.05) is 34.1 Å². The number of halogens is 1. The van der Waals surface area contributed by atoms with Crippen LogP contribution in [-0.4, -0.2) is 37.9 Å². The Hall–Kier alpha value is -4.49. The molecule has 40 heavy (non-hydrogen) atoms. The first-order valence-electron chi connectivity index (χ1n) is 13.0. The highest BCUT2D eigenvalue weighted by atomic mass is 32.1. The van der Waals surface area contributed by atoms with E-state index in [1.54, 1.807) is 34.7 Å². The van der Waals surface area contributed by atoms with Crippen LogP contribution < -0.4 is 5.32 Å². The van der Waals surface area contributed by atoms with E-state index in [4.69, 9.17) is 4.74 Å². The average molecular weight is 555 g/mol. The van der Waals surface area contributed by atoms with Crippen LogP contribution in [0.2, 0.25) is 0 Å². The number of hydrogen-bond donors (Lipinski definition) is 1. The number of thiophene rings is 1. The Kier molecular flexibility index (Phi) is 6.39. The zero-order chi connectivity index (χ0) is 28.0. The maximum atomic E-state index is 13.7. The number of nitrogens with one attached hydrogen (secondary N) is 1. The molecule has 0 fully saturated rings. The maximum absolute atomic E-state index is 13.7. The molecule has 6 rings (SSSR count). The molecule has 0 saturated carbocycles. The van der Waals surface area contributed by atoms with Crippen molar-refractivity contribution < 1.29 is 13.9 Å². The minimum Gasteiger partial charge on any atom is -0.444 e. The molecule has 202 valence electrons. The highest BCUT2D eigenvalue weighted by Crippen LogP contribution is 2.41. The number of nitriles is 1. The van der Waals surface area contributed by atoms with E-state index in [2.05, 4.69) is 21.5 Å². The largest absolute Gasteiger partial charge is 0.444 e. The molecule has 0 atom stereocenters. The fourth-order valence-electron chi connectivity index (χ4n) is 5.00. The highest BCUT2D eigenvalue weighted by Gasteiger charge is 2.29. The zero-order valence-corrected chi connectivity index (χ0v) is 23.2. The molecule has 1 aliphatic rings. The molecule has 1 aliphatic heterocycles. The summed E-state index contributed by atoms with van der Waals surface area (Å²) in [5, 5.41) is 19.7. The predicted molar refractivity (Wildman–Crippen MR) is 153 cm³/mol. The van der Waals surface area contributed by atoms with Gasteiger partial charge >= 0.3 is 6.09 Å². The Labute approximate surface area is 234 Å². The van der Waals surface area contributed by atoms with E-state index in [9.17, 15) is 14.4 Å². The number of ether oxygens (including phenoxy) is 1. The monoisotopic (exact) mass is 554 g/mol. The average Bonchev–Trinajstić information content (AvgIpc) is 3.48. The number of fused-ring (bicyclic) bond motifs is 4. The first-order valence-corrected chi connectivity index (χ1v) is 13.8. The molecule has 0 aliphatic carbocycles. The number of amides is 1. The molecule has 1 N–H and O–H groups in total. The molecular formula is C30H27FN6O2S. The van der Waals surface area contributed by atoms with E-state index in [0.717, 1.165) is 42.8 Å². The summed E-state index contributed by atoms with van der Waals surface area (Å²) in [7, 11) is 0. The summed E-state index contributed by atoms with van der Waals surface area (Å²) in [5.74, 6) is -0.273. The number of anilines is 2. The molecule has 0 spiro atoms. The lowest BCUT2D eigenvalue weighted by Gasteiger charge is -2.30. The van der Waals surface area contributed by atoms with Gasteiger partial charge in [0.1, 0.15) is 22.3 Å². The van der Waals surface area contributed by atoms with Gasteiger partial charge in [-0.3, -0.25) is 4.68 Å². The van der Waals surface area contributed by atoms with Gasteiger partial charge in [0.2, 0.25) is 0 Å². The van der Waals surface area contributed by atoms with Gasteiger partial charge in [0.15, 0.2) is 0 Å². The minimum atomic E-state index is -0.561. The molecule has 5 aromatic rings. The molecule has 0 saturated heterocycles. The second kappa shape index (κ2) is 9.92. The third kappa shape index (κ3) is 4.96. The minimum absolute atomic E-state index is 0.273. The Balaban J connectivity index is 1.31. The van der Waals surface area contributed by atoms with Gasteiger partial charge in [-0.25, -0.2) is 14.2 Å². The van der Waals surface area contributed by atoms with Crippen LogP contribution in [0.4, 0.5) is 20.6 Å². The SMILES string of the molecule is CC(C)(C)OC(=O)N1CCc2c(sc3ncc(C#N)c(Nc4ccc5c(cnn5Cc5cccc(F)c5)c4)c23)C1.